The van der Waals surface area contributed by atoms with Gasteiger partial charge >= 0.3 is 0 Å². The van der Waals surface area contributed by atoms with E-state index >= 15 is 0 Å². The Bertz CT molecular complexity index is 460. The Kier molecular flexibility index (Phi) is 7.76. The van der Waals surface area contributed by atoms with Crippen molar-refractivity contribution in [1.82, 2.24) is 10.6 Å². The number of benzene rings is 1. The summed E-state index contributed by atoms with van der Waals surface area (Å²) in [5.74, 6) is 0.739. The first-order valence-electron chi connectivity index (χ1n) is 7.10. The molecule has 1 fully saturated rings. The average molecular weight is 424 g/mol. The highest BCUT2D eigenvalue weighted by Gasteiger charge is 2.34. The Morgan fingerprint density at radius 3 is 2.48 bits per heavy atom. The van der Waals surface area contributed by atoms with E-state index < -0.39 is 5.60 Å². The van der Waals surface area contributed by atoms with Gasteiger partial charge in [0.05, 0.1) is 12.1 Å². The molecule has 0 amide bonds. The van der Waals surface area contributed by atoms with Gasteiger partial charge in [-0.05, 0) is 43.9 Å². The van der Waals surface area contributed by atoms with Gasteiger partial charge in [-0.15, -0.1) is 24.0 Å². The number of rotatable bonds is 5. The van der Waals surface area contributed by atoms with E-state index in [2.05, 4.69) is 15.6 Å². The van der Waals surface area contributed by atoms with Crippen LogP contribution in [0.1, 0.15) is 31.7 Å². The zero-order chi connectivity index (χ0) is 14.4. The average Bonchev–Trinajstić information content (AvgIpc) is 2.41. The third kappa shape index (κ3) is 6.00. The zero-order valence-electron chi connectivity index (χ0n) is 12.2. The first-order chi connectivity index (χ1) is 9.61. The smallest absolute Gasteiger partial charge is 0.191 e. The summed E-state index contributed by atoms with van der Waals surface area (Å²) in [6.45, 7) is 3.97. The van der Waals surface area contributed by atoms with Crippen molar-refractivity contribution < 1.29 is 5.11 Å². The van der Waals surface area contributed by atoms with Crippen molar-refractivity contribution >= 4 is 41.5 Å². The number of guanidine groups is 1. The van der Waals surface area contributed by atoms with E-state index in [4.69, 9.17) is 11.6 Å². The Labute approximate surface area is 148 Å². The molecule has 0 radical (unpaired) electrons. The van der Waals surface area contributed by atoms with Crippen LogP contribution in [-0.2, 0) is 6.54 Å². The van der Waals surface area contributed by atoms with E-state index in [1.54, 1.807) is 0 Å². The molecule has 0 bridgehead atoms. The summed E-state index contributed by atoms with van der Waals surface area (Å²) in [7, 11) is 0. The molecule has 1 aliphatic rings. The summed E-state index contributed by atoms with van der Waals surface area (Å²) >= 11 is 5.86. The maximum Gasteiger partial charge on any atom is 0.191 e. The Balaban J connectivity index is 0.00000220. The van der Waals surface area contributed by atoms with Crippen molar-refractivity contribution in [3.63, 3.8) is 0 Å². The van der Waals surface area contributed by atoms with Crippen LogP contribution in [0.15, 0.2) is 29.3 Å². The van der Waals surface area contributed by atoms with Gasteiger partial charge in [0.25, 0.3) is 0 Å². The number of nitrogens with one attached hydrogen (secondary N) is 2. The predicted molar refractivity (Wildman–Crippen MR) is 98.5 cm³/mol. The van der Waals surface area contributed by atoms with Crippen LogP contribution in [0, 0.1) is 0 Å². The molecular weight excluding hydrogens is 401 g/mol. The standard InChI is InChI=1S/C15H22ClN3O.HI/c1-2-17-14(19-11-15(20)8-3-9-15)18-10-12-4-6-13(16)7-5-12;/h4-7,20H,2-3,8-11H2,1H3,(H2,17,18,19);1H. The fourth-order valence-corrected chi connectivity index (χ4v) is 2.24. The lowest BCUT2D eigenvalue weighted by Crippen LogP contribution is -2.50. The predicted octanol–water partition coefficient (Wildman–Crippen LogP) is 2.93. The molecule has 0 saturated heterocycles. The van der Waals surface area contributed by atoms with Gasteiger partial charge in [-0.25, -0.2) is 4.99 Å². The molecule has 21 heavy (non-hydrogen) atoms. The first kappa shape index (κ1) is 18.5. The van der Waals surface area contributed by atoms with Crippen LogP contribution in [-0.4, -0.2) is 29.8 Å². The summed E-state index contributed by atoms with van der Waals surface area (Å²) in [5, 5.41) is 17.2. The van der Waals surface area contributed by atoms with Gasteiger partial charge in [-0.3, -0.25) is 0 Å². The highest BCUT2D eigenvalue weighted by Crippen LogP contribution is 2.30. The molecule has 0 aromatic heterocycles. The molecule has 0 heterocycles. The van der Waals surface area contributed by atoms with Gasteiger partial charge in [-0.1, -0.05) is 23.7 Å². The summed E-state index contributed by atoms with van der Waals surface area (Å²) < 4.78 is 0. The van der Waals surface area contributed by atoms with Crippen molar-refractivity contribution in [2.75, 3.05) is 13.1 Å². The van der Waals surface area contributed by atoms with Crippen LogP contribution >= 0.6 is 35.6 Å². The number of aliphatic hydroxyl groups is 1. The summed E-state index contributed by atoms with van der Waals surface area (Å²) in [5.41, 5.74) is 0.560. The van der Waals surface area contributed by atoms with E-state index in [0.29, 0.717) is 13.1 Å². The van der Waals surface area contributed by atoms with Crippen LogP contribution in [0.3, 0.4) is 0 Å². The molecule has 0 atom stereocenters. The first-order valence-corrected chi connectivity index (χ1v) is 7.48. The molecule has 0 spiro atoms. The van der Waals surface area contributed by atoms with Gasteiger partial charge in [0, 0.05) is 18.1 Å². The fraction of sp³-hybridized carbons (Fsp3) is 0.533. The van der Waals surface area contributed by atoms with Crippen LogP contribution in [0.2, 0.25) is 5.02 Å². The molecule has 2 rings (SSSR count). The van der Waals surface area contributed by atoms with Crippen LogP contribution in [0.5, 0.6) is 0 Å². The summed E-state index contributed by atoms with van der Waals surface area (Å²) in [6, 6.07) is 7.66. The zero-order valence-corrected chi connectivity index (χ0v) is 15.3. The Hall–Kier alpha value is -0.530. The molecule has 3 N–H and O–H groups in total. The minimum Gasteiger partial charge on any atom is -0.388 e. The number of halogens is 2. The molecule has 118 valence electrons. The van der Waals surface area contributed by atoms with Crippen molar-refractivity contribution in [2.24, 2.45) is 4.99 Å². The normalized spacial score (nSPS) is 16.6. The van der Waals surface area contributed by atoms with E-state index in [-0.39, 0.29) is 24.0 Å². The highest BCUT2D eigenvalue weighted by atomic mass is 127. The molecule has 1 aromatic rings. The fourth-order valence-electron chi connectivity index (χ4n) is 2.11. The van der Waals surface area contributed by atoms with Gasteiger partial charge in [-0.2, -0.15) is 0 Å². The van der Waals surface area contributed by atoms with Crippen molar-refractivity contribution in [3.05, 3.63) is 34.9 Å². The maximum atomic E-state index is 10.1. The van der Waals surface area contributed by atoms with Gasteiger partial charge in [0.15, 0.2) is 5.96 Å². The molecule has 1 saturated carbocycles. The molecular formula is C15H23ClIN3O. The quantitative estimate of drug-likeness (QED) is 0.388. The molecule has 1 aromatic carbocycles. The molecule has 0 aliphatic heterocycles. The molecule has 0 unspecified atom stereocenters. The number of hydrogen-bond acceptors (Lipinski definition) is 2. The van der Waals surface area contributed by atoms with Crippen LogP contribution in [0.25, 0.3) is 0 Å². The number of hydrogen-bond donors (Lipinski definition) is 3. The van der Waals surface area contributed by atoms with Crippen molar-refractivity contribution in [1.29, 1.82) is 0 Å². The van der Waals surface area contributed by atoms with E-state index in [1.807, 2.05) is 31.2 Å². The number of aliphatic imine (C=N–C) groups is 1. The maximum absolute atomic E-state index is 10.1. The lowest BCUT2D eigenvalue weighted by Gasteiger charge is -2.36. The van der Waals surface area contributed by atoms with E-state index in [0.717, 1.165) is 42.4 Å². The van der Waals surface area contributed by atoms with Crippen molar-refractivity contribution in [3.8, 4) is 0 Å². The van der Waals surface area contributed by atoms with E-state index in [1.165, 1.54) is 0 Å². The lowest BCUT2D eigenvalue weighted by atomic mass is 9.80. The van der Waals surface area contributed by atoms with Gasteiger partial charge in [0.1, 0.15) is 0 Å². The Morgan fingerprint density at radius 2 is 1.95 bits per heavy atom. The molecule has 4 nitrogen and oxygen atoms in total. The second kappa shape index (κ2) is 8.80. The summed E-state index contributed by atoms with van der Waals surface area (Å²) in [6.07, 6.45) is 2.85. The van der Waals surface area contributed by atoms with Gasteiger partial charge in [0.2, 0.25) is 0 Å². The summed E-state index contributed by atoms with van der Waals surface area (Å²) in [4.78, 5) is 4.52. The Morgan fingerprint density at radius 1 is 1.29 bits per heavy atom. The molecule has 1 aliphatic carbocycles. The monoisotopic (exact) mass is 423 g/mol. The largest absolute Gasteiger partial charge is 0.388 e. The SMILES string of the molecule is CCNC(=NCc1ccc(Cl)cc1)NCC1(O)CCC1.I. The third-order valence-electron chi connectivity index (χ3n) is 3.55. The highest BCUT2D eigenvalue weighted by molar-refractivity contribution is 14.0. The molecule has 6 heteroatoms. The topological polar surface area (TPSA) is 56.7 Å². The number of nitrogens with zero attached hydrogens (tertiary/aromatic N) is 1. The van der Waals surface area contributed by atoms with E-state index in [9.17, 15) is 5.11 Å². The van der Waals surface area contributed by atoms with Gasteiger partial charge < -0.3 is 15.7 Å². The van der Waals surface area contributed by atoms with Crippen LogP contribution in [0.4, 0.5) is 0 Å². The minimum absolute atomic E-state index is 0. The lowest BCUT2D eigenvalue weighted by molar-refractivity contribution is -0.0279. The van der Waals surface area contributed by atoms with Crippen molar-refractivity contribution in [2.45, 2.75) is 38.3 Å². The minimum atomic E-state index is -0.545. The second-order valence-electron chi connectivity index (χ2n) is 5.25. The second-order valence-corrected chi connectivity index (χ2v) is 5.69. The van der Waals surface area contributed by atoms with Crippen LogP contribution < -0.4 is 10.6 Å². The third-order valence-corrected chi connectivity index (χ3v) is 3.80.